The van der Waals surface area contributed by atoms with Crippen molar-refractivity contribution in [2.24, 2.45) is 0 Å². The molecular formula is C19H21NO4. The number of anilines is 1. The van der Waals surface area contributed by atoms with Gasteiger partial charge >= 0.3 is 0 Å². The van der Waals surface area contributed by atoms with Crippen LogP contribution in [0.25, 0.3) is 0 Å². The van der Waals surface area contributed by atoms with E-state index >= 15 is 0 Å². The Balaban J connectivity index is 1.81. The van der Waals surface area contributed by atoms with Gasteiger partial charge in [0.15, 0.2) is 0 Å². The highest BCUT2D eigenvalue weighted by Gasteiger charge is 2.51. The molecule has 0 bridgehead atoms. The maximum Gasteiger partial charge on any atom is 0.235 e. The minimum absolute atomic E-state index is 0.0175. The lowest BCUT2D eigenvalue weighted by Gasteiger charge is -2.18. The third-order valence-corrected chi connectivity index (χ3v) is 4.48. The highest BCUT2D eigenvalue weighted by atomic mass is 16.5. The van der Waals surface area contributed by atoms with E-state index in [9.17, 15) is 4.79 Å². The molecular weight excluding hydrogens is 306 g/mol. The van der Waals surface area contributed by atoms with Gasteiger partial charge in [-0.15, -0.1) is 0 Å². The summed E-state index contributed by atoms with van der Waals surface area (Å²) in [6.45, 7) is 0. The fourth-order valence-electron chi connectivity index (χ4n) is 2.83. The van der Waals surface area contributed by atoms with Crippen LogP contribution in [0.5, 0.6) is 17.2 Å². The molecule has 5 nitrogen and oxygen atoms in total. The van der Waals surface area contributed by atoms with Crippen LogP contribution in [0.1, 0.15) is 18.4 Å². The van der Waals surface area contributed by atoms with E-state index in [4.69, 9.17) is 14.2 Å². The summed E-state index contributed by atoms with van der Waals surface area (Å²) in [5.74, 6) is 2.03. The van der Waals surface area contributed by atoms with Crippen LogP contribution in [0.2, 0.25) is 0 Å². The molecule has 2 aromatic carbocycles. The summed E-state index contributed by atoms with van der Waals surface area (Å²) in [7, 11) is 4.79. The van der Waals surface area contributed by atoms with E-state index < -0.39 is 5.41 Å². The van der Waals surface area contributed by atoms with Gasteiger partial charge in [-0.2, -0.15) is 0 Å². The van der Waals surface area contributed by atoms with Crippen molar-refractivity contribution < 1.29 is 19.0 Å². The Morgan fingerprint density at radius 1 is 0.917 bits per heavy atom. The summed E-state index contributed by atoms with van der Waals surface area (Å²) >= 11 is 0. The molecule has 0 aromatic heterocycles. The van der Waals surface area contributed by atoms with E-state index in [0.29, 0.717) is 17.2 Å². The minimum atomic E-state index is -0.461. The van der Waals surface area contributed by atoms with Crippen LogP contribution in [0, 0.1) is 0 Å². The fourth-order valence-corrected chi connectivity index (χ4v) is 2.83. The zero-order valence-corrected chi connectivity index (χ0v) is 14.1. The van der Waals surface area contributed by atoms with Gasteiger partial charge in [-0.3, -0.25) is 4.79 Å². The van der Waals surface area contributed by atoms with Crippen LogP contribution in [0.4, 0.5) is 5.69 Å². The Bertz CT molecular complexity index is 736. The number of rotatable bonds is 6. The lowest BCUT2D eigenvalue weighted by molar-refractivity contribution is -0.118. The fraction of sp³-hybridized carbons (Fsp3) is 0.316. The van der Waals surface area contributed by atoms with E-state index in [1.807, 2.05) is 24.3 Å². The first-order valence-electron chi connectivity index (χ1n) is 7.81. The molecule has 1 fully saturated rings. The number of methoxy groups -OCH3 is 3. The second-order valence-corrected chi connectivity index (χ2v) is 5.83. The quantitative estimate of drug-likeness (QED) is 0.884. The van der Waals surface area contributed by atoms with Gasteiger partial charge in [0.25, 0.3) is 0 Å². The van der Waals surface area contributed by atoms with Crippen LogP contribution in [-0.2, 0) is 10.2 Å². The van der Waals surface area contributed by atoms with Gasteiger partial charge in [-0.25, -0.2) is 0 Å². The molecule has 3 rings (SSSR count). The molecule has 126 valence electrons. The first kappa shape index (κ1) is 16.2. The molecule has 0 atom stereocenters. The second-order valence-electron chi connectivity index (χ2n) is 5.83. The number of benzene rings is 2. The third-order valence-electron chi connectivity index (χ3n) is 4.48. The van der Waals surface area contributed by atoms with E-state index in [-0.39, 0.29) is 5.91 Å². The average molecular weight is 327 g/mol. The predicted molar refractivity (Wildman–Crippen MR) is 92.1 cm³/mol. The standard InChI is InChI=1S/C19H21NO4/c1-22-14-6-4-13(5-7-14)19(10-11-19)18(21)20-16-9-8-15(23-2)12-17(16)24-3/h4-9,12H,10-11H2,1-3H3,(H,20,21). The van der Waals surface area contributed by atoms with Crippen LogP contribution in [0.15, 0.2) is 42.5 Å². The highest BCUT2D eigenvalue weighted by Crippen LogP contribution is 2.49. The summed E-state index contributed by atoms with van der Waals surface area (Å²) in [6.07, 6.45) is 1.67. The summed E-state index contributed by atoms with van der Waals surface area (Å²) in [5.41, 5.74) is 1.19. The Morgan fingerprint density at radius 2 is 1.54 bits per heavy atom. The zero-order valence-electron chi connectivity index (χ0n) is 14.1. The lowest BCUT2D eigenvalue weighted by atomic mass is 9.94. The molecule has 0 heterocycles. The van der Waals surface area contributed by atoms with E-state index in [2.05, 4.69) is 5.32 Å². The van der Waals surface area contributed by atoms with Gasteiger partial charge in [0.2, 0.25) is 5.91 Å². The Labute approximate surface area is 141 Å². The van der Waals surface area contributed by atoms with Gasteiger partial charge in [0.1, 0.15) is 17.2 Å². The van der Waals surface area contributed by atoms with Crippen molar-refractivity contribution in [3.8, 4) is 17.2 Å². The SMILES string of the molecule is COc1ccc(C2(C(=O)Nc3ccc(OC)cc3OC)CC2)cc1. The number of carbonyl (C=O) groups is 1. The Kier molecular flexibility index (Phi) is 4.34. The number of nitrogens with one attached hydrogen (secondary N) is 1. The molecule has 0 spiro atoms. The van der Waals surface area contributed by atoms with Crippen molar-refractivity contribution in [2.75, 3.05) is 26.6 Å². The maximum absolute atomic E-state index is 12.8. The molecule has 5 heteroatoms. The normalized spacial score (nSPS) is 14.6. The molecule has 1 N–H and O–H groups in total. The van der Waals surface area contributed by atoms with E-state index in [0.717, 1.165) is 24.2 Å². The first-order chi connectivity index (χ1) is 11.6. The highest BCUT2D eigenvalue weighted by molar-refractivity contribution is 6.02. The molecule has 1 amide bonds. The van der Waals surface area contributed by atoms with Crippen LogP contribution in [0.3, 0.4) is 0 Å². The van der Waals surface area contributed by atoms with Gasteiger partial charge in [-0.1, -0.05) is 12.1 Å². The van der Waals surface area contributed by atoms with E-state index in [1.54, 1.807) is 39.5 Å². The van der Waals surface area contributed by atoms with E-state index in [1.165, 1.54) is 0 Å². The number of hydrogen-bond acceptors (Lipinski definition) is 4. The lowest BCUT2D eigenvalue weighted by Crippen LogP contribution is -2.28. The monoisotopic (exact) mass is 327 g/mol. The van der Waals surface area contributed by atoms with Crippen LogP contribution < -0.4 is 19.5 Å². The largest absolute Gasteiger partial charge is 0.497 e. The van der Waals surface area contributed by atoms with Crippen molar-refractivity contribution in [3.63, 3.8) is 0 Å². The number of carbonyl (C=O) groups excluding carboxylic acids is 1. The average Bonchev–Trinajstić information content (AvgIpc) is 3.44. The summed E-state index contributed by atoms with van der Waals surface area (Å²) in [4.78, 5) is 12.8. The van der Waals surface area contributed by atoms with Gasteiger partial charge < -0.3 is 19.5 Å². The van der Waals surface area contributed by atoms with Crippen LogP contribution in [-0.4, -0.2) is 27.2 Å². The smallest absolute Gasteiger partial charge is 0.235 e. The molecule has 1 aliphatic carbocycles. The number of hydrogen-bond donors (Lipinski definition) is 1. The number of ether oxygens (including phenoxy) is 3. The van der Waals surface area contributed by atoms with Gasteiger partial charge in [0, 0.05) is 6.07 Å². The Hall–Kier alpha value is -2.69. The summed E-state index contributed by atoms with van der Waals surface area (Å²) in [5, 5.41) is 2.99. The molecule has 0 unspecified atom stereocenters. The maximum atomic E-state index is 12.8. The molecule has 0 saturated heterocycles. The van der Waals surface area contributed by atoms with Crippen molar-refractivity contribution in [2.45, 2.75) is 18.3 Å². The van der Waals surface area contributed by atoms with Crippen molar-refractivity contribution in [1.82, 2.24) is 0 Å². The van der Waals surface area contributed by atoms with Gasteiger partial charge in [-0.05, 0) is 42.7 Å². The van der Waals surface area contributed by atoms with Crippen molar-refractivity contribution in [3.05, 3.63) is 48.0 Å². The Morgan fingerprint density at radius 3 is 2.08 bits per heavy atom. The minimum Gasteiger partial charge on any atom is -0.497 e. The second kappa shape index (κ2) is 6.43. The molecule has 0 radical (unpaired) electrons. The first-order valence-corrected chi connectivity index (χ1v) is 7.81. The molecule has 1 saturated carbocycles. The summed E-state index contributed by atoms with van der Waals surface area (Å²) in [6, 6.07) is 13.0. The number of amides is 1. The molecule has 24 heavy (non-hydrogen) atoms. The predicted octanol–water partition coefficient (Wildman–Crippen LogP) is 3.38. The topological polar surface area (TPSA) is 56.8 Å². The third kappa shape index (κ3) is 2.89. The van der Waals surface area contributed by atoms with Crippen LogP contribution >= 0.6 is 0 Å². The van der Waals surface area contributed by atoms with Crippen molar-refractivity contribution >= 4 is 11.6 Å². The molecule has 0 aliphatic heterocycles. The molecule has 2 aromatic rings. The van der Waals surface area contributed by atoms with Gasteiger partial charge in [0.05, 0.1) is 32.4 Å². The molecule has 1 aliphatic rings. The summed E-state index contributed by atoms with van der Waals surface area (Å²) < 4.78 is 15.7. The zero-order chi connectivity index (χ0) is 17.2. The van der Waals surface area contributed by atoms with Crippen molar-refractivity contribution in [1.29, 1.82) is 0 Å².